The number of carbonyl (C=O) groups is 1. The summed E-state index contributed by atoms with van der Waals surface area (Å²) in [6, 6.07) is 2.22. The summed E-state index contributed by atoms with van der Waals surface area (Å²) in [7, 11) is -3.42. The Hall–Kier alpha value is -1.87. The fourth-order valence-corrected chi connectivity index (χ4v) is 2.54. The van der Waals surface area contributed by atoms with E-state index in [1.165, 1.54) is 6.07 Å². The van der Waals surface area contributed by atoms with E-state index < -0.39 is 33.1 Å². The highest BCUT2D eigenvalue weighted by atomic mass is 32.2. The lowest BCUT2D eigenvalue weighted by atomic mass is 10.1. The summed E-state index contributed by atoms with van der Waals surface area (Å²) >= 11 is 0. The quantitative estimate of drug-likeness (QED) is 0.543. The number of halogens is 1. The molecule has 1 aromatic carbocycles. The summed E-state index contributed by atoms with van der Waals surface area (Å²) in [5.41, 5.74) is 4.54. The summed E-state index contributed by atoms with van der Waals surface area (Å²) in [5, 5.41) is 11.6. The highest BCUT2D eigenvalue weighted by Gasteiger charge is 2.17. The average Bonchev–Trinajstić information content (AvgIpc) is 2.33. The Bertz CT molecular complexity index is 604. The number of nitrogens with one attached hydrogen (secondary N) is 2. The molecule has 1 rings (SSSR count). The van der Waals surface area contributed by atoms with Crippen molar-refractivity contribution in [3.8, 4) is 0 Å². The maximum Gasteiger partial charge on any atom is 0.340 e. The number of carboxylic acid groups (broad SMARTS) is 1. The van der Waals surface area contributed by atoms with Gasteiger partial charge in [0.05, 0.1) is 17.1 Å². The SMILES string of the molecule is CCNS(=O)(=O)CCNc1ccc(F)c(N)c1C(=O)O. The van der Waals surface area contributed by atoms with Crippen molar-refractivity contribution >= 4 is 27.4 Å². The van der Waals surface area contributed by atoms with Crippen LogP contribution >= 0.6 is 0 Å². The van der Waals surface area contributed by atoms with Crippen LogP contribution in [0.2, 0.25) is 0 Å². The van der Waals surface area contributed by atoms with Gasteiger partial charge in [0, 0.05) is 13.1 Å². The van der Waals surface area contributed by atoms with E-state index >= 15 is 0 Å². The Labute approximate surface area is 116 Å². The highest BCUT2D eigenvalue weighted by Crippen LogP contribution is 2.24. The predicted octanol–water partition coefficient (Wildman–Crippen LogP) is 0.457. The lowest BCUT2D eigenvalue weighted by Gasteiger charge is -2.12. The fourth-order valence-electron chi connectivity index (χ4n) is 1.58. The van der Waals surface area contributed by atoms with Crippen molar-refractivity contribution in [3.63, 3.8) is 0 Å². The summed E-state index contributed by atoms with van der Waals surface area (Å²) in [4.78, 5) is 11.0. The van der Waals surface area contributed by atoms with Crippen LogP contribution < -0.4 is 15.8 Å². The van der Waals surface area contributed by atoms with Gasteiger partial charge in [-0.25, -0.2) is 22.3 Å². The van der Waals surface area contributed by atoms with E-state index in [0.29, 0.717) is 0 Å². The Morgan fingerprint density at radius 2 is 2.10 bits per heavy atom. The molecule has 0 heterocycles. The Morgan fingerprint density at radius 1 is 1.45 bits per heavy atom. The number of nitrogen functional groups attached to an aromatic ring is 1. The minimum atomic E-state index is -3.42. The number of sulfonamides is 1. The smallest absolute Gasteiger partial charge is 0.340 e. The molecule has 1 aromatic rings. The number of rotatable bonds is 7. The molecule has 0 aliphatic carbocycles. The minimum absolute atomic E-state index is 0.0271. The van der Waals surface area contributed by atoms with Crippen LogP contribution in [-0.2, 0) is 10.0 Å². The largest absolute Gasteiger partial charge is 0.478 e. The van der Waals surface area contributed by atoms with Crippen LogP contribution in [0.25, 0.3) is 0 Å². The topological polar surface area (TPSA) is 122 Å². The van der Waals surface area contributed by atoms with E-state index in [1.54, 1.807) is 6.92 Å². The molecule has 0 aromatic heterocycles. The molecular formula is C11H16FN3O4S. The molecular weight excluding hydrogens is 289 g/mol. The van der Waals surface area contributed by atoms with Gasteiger partial charge >= 0.3 is 5.97 Å². The molecule has 5 N–H and O–H groups in total. The zero-order valence-electron chi connectivity index (χ0n) is 10.8. The number of aromatic carboxylic acids is 1. The number of hydrogen-bond donors (Lipinski definition) is 4. The van der Waals surface area contributed by atoms with Crippen LogP contribution in [0.5, 0.6) is 0 Å². The Balaban J connectivity index is 2.84. The zero-order valence-corrected chi connectivity index (χ0v) is 11.6. The Kier molecular flexibility index (Phi) is 5.28. The molecule has 0 spiro atoms. The number of hydrogen-bond acceptors (Lipinski definition) is 5. The standard InChI is InChI=1S/C11H16FN3O4S/c1-2-15-20(18,19)6-5-14-8-4-3-7(12)10(13)9(8)11(16)17/h3-4,14-15H,2,5-6,13H2,1H3,(H,16,17). The fraction of sp³-hybridized carbons (Fsp3) is 0.364. The van der Waals surface area contributed by atoms with Crippen LogP contribution in [0.15, 0.2) is 12.1 Å². The van der Waals surface area contributed by atoms with Gasteiger partial charge in [-0.2, -0.15) is 0 Å². The van der Waals surface area contributed by atoms with Crippen molar-refractivity contribution in [1.82, 2.24) is 4.72 Å². The number of benzene rings is 1. The first-order valence-electron chi connectivity index (χ1n) is 5.81. The van der Waals surface area contributed by atoms with Crippen LogP contribution in [0.1, 0.15) is 17.3 Å². The summed E-state index contributed by atoms with van der Waals surface area (Å²) in [6.07, 6.45) is 0. The molecule has 0 saturated carbocycles. The third-order valence-corrected chi connectivity index (χ3v) is 3.93. The van der Waals surface area contributed by atoms with Gasteiger partial charge in [0.15, 0.2) is 0 Å². The Morgan fingerprint density at radius 3 is 2.65 bits per heavy atom. The monoisotopic (exact) mass is 305 g/mol. The van der Waals surface area contributed by atoms with Crippen LogP contribution in [0.4, 0.5) is 15.8 Å². The van der Waals surface area contributed by atoms with Crippen molar-refractivity contribution < 1.29 is 22.7 Å². The third-order valence-electron chi connectivity index (χ3n) is 2.46. The summed E-state index contributed by atoms with van der Waals surface area (Å²) < 4.78 is 38.3. The zero-order chi connectivity index (χ0) is 15.3. The lowest BCUT2D eigenvalue weighted by molar-refractivity contribution is 0.0698. The molecule has 0 amide bonds. The second-order valence-corrected chi connectivity index (χ2v) is 5.86. The molecule has 9 heteroatoms. The van der Waals surface area contributed by atoms with Crippen molar-refractivity contribution in [2.24, 2.45) is 0 Å². The predicted molar refractivity (Wildman–Crippen MR) is 73.7 cm³/mol. The molecule has 0 radical (unpaired) electrons. The van der Waals surface area contributed by atoms with Crippen LogP contribution in [0.3, 0.4) is 0 Å². The van der Waals surface area contributed by atoms with Crippen molar-refractivity contribution in [2.45, 2.75) is 6.92 Å². The van der Waals surface area contributed by atoms with Crippen LogP contribution in [-0.4, -0.2) is 38.3 Å². The lowest BCUT2D eigenvalue weighted by Crippen LogP contribution is -2.29. The van der Waals surface area contributed by atoms with Gasteiger partial charge in [0.1, 0.15) is 11.4 Å². The molecule has 0 atom stereocenters. The summed E-state index contributed by atoms with van der Waals surface area (Å²) in [5.74, 6) is -2.47. The minimum Gasteiger partial charge on any atom is -0.478 e. The molecule has 0 bridgehead atoms. The number of carboxylic acids is 1. The third kappa shape index (κ3) is 4.07. The van der Waals surface area contributed by atoms with Gasteiger partial charge in [-0.1, -0.05) is 6.92 Å². The second-order valence-electron chi connectivity index (χ2n) is 3.93. The number of nitrogens with two attached hydrogens (primary N) is 1. The second kappa shape index (κ2) is 6.53. The van der Waals surface area contributed by atoms with Gasteiger partial charge in [0.25, 0.3) is 0 Å². The molecule has 20 heavy (non-hydrogen) atoms. The molecule has 0 fully saturated rings. The summed E-state index contributed by atoms with van der Waals surface area (Å²) in [6.45, 7) is 1.89. The maximum absolute atomic E-state index is 13.2. The first kappa shape index (κ1) is 16.2. The molecule has 0 aliphatic rings. The number of anilines is 2. The van der Waals surface area contributed by atoms with Crippen molar-refractivity contribution in [3.05, 3.63) is 23.5 Å². The van der Waals surface area contributed by atoms with Gasteiger partial charge in [-0.15, -0.1) is 0 Å². The highest BCUT2D eigenvalue weighted by molar-refractivity contribution is 7.89. The van der Waals surface area contributed by atoms with Crippen molar-refractivity contribution in [1.29, 1.82) is 0 Å². The molecule has 0 saturated heterocycles. The molecule has 112 valence electrons. The molecule has 0 unspecified atom stereocenters. The first-order chi connectivity index (χ1) is 9.28. The molecule has 7 nitrogen and oxygen atoms in total. The van der Waals surface area contributed by atoms with E-state index in [1.807, 2.05) is 0 Å². The van der Waals surface area contributed by atoms with E-state index in [2.05, 4.69) is 10.0 Å². The van der Waals surface area contributed by atoms with Gasteiger partial charge < -0.3 is 16.2 Å². The van der Waals surface area contributed by atoms with E-state index in [0.717, 1.165) is 6.07 Å². The van der Waals surface area contributed by atoms with E-state index in [4.69, 9.17) is 10.8 Å². The van der Waals surface area contributed by atoms with Gasteiger partial charge in [-0.05, 0) is 12.1 Å². The van der Waals surface area contributed by atoms with E-state index in [9.17, 15) is 17.6 Å². The van der Waals surface area contributed by atoms with Crippen LogP contribution in [0, 0.1) is 5.82 Å². The maximum atomic E-state index is 13.2. The first-order valence-corrected chi connectivity index (χ1v) is 7.46. The molecule has 0 aliphatic heterocycles. The van der Waals surface area contributed by atoms with Gasteiger partial charge in [0.2, 0.25) is 10.0 Å². The van der Waals surface area contributed by atoms with Crippen molar-refractivity contribution in [2.75, 3.05) is 29.9 Å². The van der Waals surface area contributed by atoms with Gasteiger partial charge in [-0.3, -0.25) is 0 Å². The van der Waals surface area contributed by atoms with E-state index in [-0.39, 0.29) is 24.5 Å². The normalized spacial score (nSPS) is 11.3. The average molecular weight is 305 g/mol.